The number of rotatable bonds is 4. The number of aliphatic carboxylic acids is 1. The monoisotopic (exact) mass is 296 g/mol. The predicted octanol–water partition coefficient (Wildman–Crippen LogP) is 2.77. The van der Waals surface area contributed by atoms with Crippen LogP contribution in [0.15, 0.2) is 54.3 Å². The molecule has 1 N–H and O–H groups in total. The van der Waals surface area contributed by atoms with E-state index in [1.807, 2.05) is 30.3 Å². The first kappa shape index (κ1) is 13.9. The zero-order valence-corrected chi connectivity index (χ0v) is 11.5. The summed E-state index contributed by atoms with van der Waals surface area (Å²) >= 11 is 0. The van der Waals surface area contributed by atoms with E-state index < -0.39 is 12.6 Å². The van der Waals surface area contributed by atoms with Gasteiger partial charge in [-0.05, 0) is 23.8 Å². The lowest BCUT2D eigenvalue weighted by atomic mass is 10.1. The predicted molar refractivity (Wildman–Crippen MR) is 79.0 cm³/mol. The van der Waals surface area contributed by atoms with E-state index in [1.54, 1.807) is 18.2 Å². The van der Waals surface area contributed by atoms with Crippen molar-refractivity contribution >= 4 is 17.8 Å². The van der Waals surface area contributed by atoms with Gasteiger partial charge in [-0.2, -0.15) is 0 Å². The summed E-state index contributed by atoms with van der Waals surface area (Å²) in [5.74, 6) is -0.327. The second-order valence-corrected chi connectivity index (χ2v) is 4.69. The van der Waals surface area contributed by atoms with Gasteiger partial charge >= 0.3 is 5.97 Å². The topological polar surface area (TPSA) is 72.8 Å². The van der Waals surface area contributed by atoms with Crippen molar-refractivity contribution in [2.45, 2.75) is 0 Å². The van der Waals surface area contributed by atoms with Crippen LogP contribution in [0, 0.1) is 0 Å². The number of carboxylic acid groups (broad SMARTS) is 1. The molecule has 5 heteroatoms. The maximum Gasteiger partial charge on any atom is 0.341 e. The van der Waals surface area contributed by atoms with Gasteiger partial charge in [-0.3, -0.25) is 4.79 Å². The fraction of sp³-hybridized carbons (Fsp3) is 0.0588. The minimum atomic E-state index is -1.07. The van der Waals surface area contributed by atoms with E-state index in [1.165, 1.54) is 6.07 Å². The third kappa shape index (κ3) is 2.83. The van der Waals surface area contributed by atoms with E-state index in [2.05, 4.69) is 0 Å². The molecule has 2 aromatic carbocycles. The van der Waals surface area contributed by atoms with Gasteiger partial charge in [0, 0.05) is 6.07 Å². The number of carbonyl (C=O) groups is 2. The van der Waals surface area contributed by atoms with Crippen LogP contribution in [0.25, 0.3) is 6.08 Å². The summed E-state index contributed by atoms with van der Waals surface area (Å²) in [4.78, 5) is 22.7. The molecule has 22 heavy (non-hydrogen) atoms. The van der Waals surface area contributed by atoms with Gasteiger partial charge in [0.1, 0.15) is 11.5 Å². The smallest absolute Gasteiger partial charge is 0.341 e. The number of allylic oxidation sites excluding steroid dienone is 1. The number of Topliss-reactive ketones (excluding diaryl/α,β-unsaturated/α-hetero) is 1. The summed E-state index contributed by atoms with van der Waals surface area (Å²) in [6.07, 6.45) is 1.67. The number of hydrogen-bond donors (Lipinski definition) is 1. The minimum absolute atomic E-state index is 0.205. The number of ether oxygens (including phenoxy) is 2. The molecule has 1 heterocycles. The molecule has 1 aliphatic rings. The maximum atomic E-state index is 12.3. The number of carbonyl (C=O) groups excluding carboxylic acids is 1. The molecule has 0 amide bonds. The molecule has 110 valence electrons. The molecule has 0 spiro atoms. The lowest BCUT2D eigenvalue weighted by molar-refractivity contribution is -0.139. The average Bonchev–Trinajstić information content (AvgIpc) is 2.82. The molecule has 0 aromatic heterocycles. The molecule has 0 atom stereocenters. The molecule has 5 nitrogen and oxygen atoms in total. The lowest BCUT2D eigenvalue weighted by Crippen LogP contribution is -2.09. The van der Waals surface area contributed by atoms with Crippen molar-refractivity contribution in [3.8, 4) is 11.5 Å². The van der Waals surface area contributed by atoms with Gasteiger partial charge in [-0.15, -0.1) is 0 Å². The highest BCUT2D eigenvalue weighted by atomic mass is 16.5. The number of hydrogen-bond acceptors (Lipinski definition) is 4. The summed E-state index contributed by atoms with van der Waals surface area (Å²) in [5, 5.41) is 8.60. The highest BCUT2D eigenvalue weighted by Gasteiger charge is 2.27. The van der Waals surface area contributed by atoms with E-state index in [-0.39, 0.29) is 11.5 Å². The molecule has 0 saturated carbocycles. The van der Waals surface area contributed by atoms with Crippen LogP contribution < -0.4 is 9.47 Å². The van der Waals surface area contributed by atoms with E-state index in [4.69, 9.17) is 14.6 Å². The highest BCUT2D eigenvalue weighted by molar-refractivity contribution is 6.14. The van der Waals surface area contributed by atoms with Crippen molar-refractivity contribution in [1.82, 2.24) is 0 Å². The first-order valence-corrected chi connectivity index (χ1v) is 6.61. The van der Waals surface area contributed by atoms with Crippen LogP contribution in [-0.2, 0) is 4.79 Å². The summed E-state index contributed by atoms with van der Waals surface area (Å²) < 4.78 is 10.6. The molecular formula is C17H12O5. The first-order valence-electron chi connectivity index (χ1n) is 6.61. The SMILES string of the molecule is O=C(O)COc1ccc2c(c1)OC(=Cc1ccccc1)C2=O. The average molecular weight is 296 g/mol. The molecule has 2 aromatic rings. The summed E-state index contributed by atoms with van der Waals surface area (Å²) in [6, 6.07) is 14.0. The lowest BCUT2D eigenvalue weighted by Gasteiger charge is -2.04. The van der Waals surface area contributed by atoms with Crippen molar-refractivity contribution in [2.24, 2.45) is 0 Å². The fourth-order valence-corrected chi connectivity index (χ4v) is 2.10. The zero-order valence-electron chi connectivity index (χ0n) is 11.5. The molecular weight excluding hydrogens is 284 g/mol. The normalized spacial score (nSPS) is 14.5. The Kier molecular flexibility index (Phi) is 3.62. The zero-order chi connectivity index (χ0) is 15.5. The Balaban J connectivity index is 1.84. The first-order chi connectivity index (χ1) is 10.6. The Morgan fingerprint density at radius 2 is 1.95 bits per heavy atom. The van der Waals surface area contributed by atoms with E-state index in [9.17, 15) is 9.59 Å². The van der Waals surface area contributed by atoms with Crippen molar-refractivity contribution in [2.75, 3.05) is 6.61 Å². The molecule has 0 fully saturated rings. The molecule has 0 unspecified atom stereocenters. The van der Waals surface area contributed by atoms with Gasteiger partial charge in [-0.25, -0.2) is 4.79 Å². The molecule has 0 aliphatic carbocycles. The summed E-state index contributed by atoms with van der Waals surface area (Å²) in [5.41, 5.74) is 1.30. The quantitative estimate of drug-likeness (QED) is 0.878. The summed E-state index contributed by atoms with van der Waals surface area (Å²) in [7, 11) is 0. The van der Waals surface area contributed by atoms with Crippen molar-refractivity contribution in [3.05, 3.63) is 65.4 Å². The van der Waals surface area contributed by atoms with Crippen LogP contribution in [0.1, 0.15) is 15.9 Å². The van der Waals surface area contributed by atoms with E-state index in [0.29, 0.717) is 17.1 Å². The second kappa shape index (κ2) is 5.73. The van der Waals surface area contributed by atoms with Crippen molar-refractivity contribution in [1.29, 1.82) is 0 Å². The van der Waals surface area contributed by atoms with Crippen LogP contribution >= 0.6 is 0 Å². The van der Waals surface area contributed by atoms with Gasteiger partial charge < -0.3 is 14.6 Å². The Labute approximate surface area is 126 Å². The van der Waals surface area contributed by atoms with Gasteiger partial charge in [0.15, 0.2) is 12.4 Å². The molecule has 3 rings (SSSR count). The van der Waals surface area contributed by atoms with Gasteiger partial charge in [0.05, 0.1) is 5.56 Å². The minimum Gasteiger partial charge on any atom is -0.482 e. The highest BCUT2D eigenvalue weighted by Crippen LogP contribution is 2.34. The van der Waals surface area contributed by atoms with Crippen LogP contribution in [-0.4, -0.2) is 23.5 Å². The Hall–Kier alpha value is -3.08. The van der Waals surface area contributed by atoms with Crippen LogP contribution in [0.5, 0.6) is 11.5 Å². The van der Waals surface area contributed by atoms with E-state index >= 15 is 0 Å². The van der Waals surface area contributed by atoms with Crippen LogP contribution in [0.3, 0.4) is 0 Å². The number of benzene rings is 2. The maximum absolute atomic E-state index is 12.3. The number of fused-ring (bicyclic) bond motifs is 1. The van der Waals surface area contributed by atoms with E-state index in [0.717, 1.165) is 5.56 Å². The number of ketones is 1. The summed E-state index contributed by atoms with van der Waals surface area (Å²) in [6.45, 7) is -0.445. The Bertz CT molecular complexity index is 762. The fourth-order valence-electron chi connectivity index (χ4n) is 2.10. The van der Waals surface area contributed by atoms with Gasteiger partial charge in [-0.1, -0.05) is 30.3 Å². The van der Waals surface area contributed by atoms with Crippen LogP contribution in [0.2, 0.25) is 0 Å². The largest absolute Gasteiger partial charge is 0.482 e. The second-order valence-electron chi connectivity index (χ2n) is 4.69. The van der Waals surface area contributed by atoms with Gasteiger partial charge in [0.2, 0.25) is 5.78 Å². The molecule has 0 radical (unpaired) electrons. The van der Waals surface area contributed by atoms with Crippen LogP contribution in [0.4, 0.5) is 0 Å². The number of carboxylic acids is 1. The van der Waals surface area contributed by atoms with Crippen molar-refractivity contribution < 1.29 is 24.2 Å². The standard InChI is InChI=1S/C17H12O5/c18-16(19)10-21-12-6-7-13-14(9-12)22-15(17(13)20)8-11-4-2-1-3-5-11/h1-9H,10H2,(H,18,19). The molecule has 0 bridgehead atoms. The third-order valence-corrected chi connectivity index (χ3v) is 3.10. The van der Waals surface area contributed by atoms with Gasteiger partial charge in [0.25, 0.3) is 0 Å². The molecule has 1 aliphatic heterocycles. The third-order valence-electron chi connectivity index (χ3n) is 3.10. The Morgan fingerprint density at radius 1 is 1.18 bits per heavy atom. The molecule has 0 saturated heterocycles. The Morgan fingerprint density at radius 3 is 2.68 bits per heavy atom. The van der Waals surface area contributed by atoms with Crippen molar-refractivity contribution in [3.63, 3.8) is 0 Å².